The van der Waals surface area contributed by atoms with Gasteiger partial charge in [-0.05, 0) is 52.3 Å². The molecule has 1 fully saturated rings. The maximum absolute atomic E-state index is 13.7. The van der Waals surface area contributed by atoms with Crippen molar-refractivity contribution in [3.63, 3.8) is 0 Å². The molecule has 0 unspecified atom stereocenters. The van der Waals surface area contributed by atoms with Crippen LogP contribution < -0.4 is 26.8 Å². The van der Waals surface area contributed by atoms with Gasteiger partial charge in [0.15, 0.2) is 17.3 Å². The molecular formula is C40H48N14O6. The van der Waals surface area contributed by atoms with E-state index in [0.29, 0.717) is 67.3 Å². The number of rotatable bonds is 17. The molecule has 0 saturated carbocycles. The number of anilines is 2. The quantitative estimate of drug-likeness (QED) is 0.0766. The van der Waals surface area contributed by atoms with E-state index in [4.69, 9.17) is 25.9 Å². The van der Waals surface area contributed by atoms with E-state index in [-0.39, 0.29) is 47.8 Å². The normalized spacial score (nSPS) is 13.4. The van der Waals surface area contributed by atoms with Gasteiger partial charge in [-0.2, -0.15) is 0 Å². The molecule has 1 aromatic carbocycles. The van der Waals surface area contributed by atoms with Crippen LogP contribution in [0.25, 0.3) is 22.2 Å². The Labute approximate surface area is 344 Å². The minimum Gasteiger partial charge on any atom is -0.491 e. The number of aryl methyl sites for hydroxylation is 2. The van der Waals surface area contributed by atoms with E-state index in [9.17, 15) is 19.2 Å². The van der Waals surface area contributed by atoms with Gasteiger partial charge in [-0.3, -0.25) is 39.3 Å². The fraction of sp³-hybridized carbons (Fsp3) is 0.375. The number of carbonyl (C=O) groups is 4. The lowest BCUT2D eigenvalue weighted by molar-refractivity contribution is 0.0358. The molecule has 6 aromatic rings. The van der Waals surface area contributed by atoms with Crippen molar-refractivity contribution in [3.8, 4) is 5.75 Å². The summed E-state index contributed by atoms with van der Waals surface area (Å²) in [5.74, 6) is -1.11. The number of hydrogen-bond acceptors (Lipinski definition) is 12. The summed E-state index contributed by atoms with van der Waals surface area (Å²) in [5, 5.41) is 5.79. The van der Waals surface area contributed by atoms with Crippen LogP contribution in [0.4, 0.5) is 11.9 Å². The van der Waals surface area contributed by atoms with Gasteiger partial charge in [0.2, 0.25) is 23.7 Å². The van der Waals surface area contributed by atoms with E-state index in [1.54, 1.807) is 42.8 Å². The van der Waals surface area contributed by atoms with Gasteiger partial charge < -0.3 is 34.6 Å². The molecule has 0 radical (unpaired) electrons. The van der Waals surface area contributed by atoms with Gasteiger partial charge in [0.05, 0.1) is 30.9 Å². The van der Waals surface area contributed by atoms with Gasteiger partial charge in [0, 0.05) is 81.4 Å². The summed E-state index contributed by atoms with van der Waals surface area (Å²) in [6.45, 7) is 13.2. The third kappa shape index (κ3) is 8.59. The second kappa shape index (κ2) is 17.9. The summed E-state index contributed by atoms with van der Waals surface area (Å²) in [5.41, 5.74) is 15.0. The van der Waals surface area contributed by atoms with Crippen LogP contribution in [0.2, 0.25) is 0 Å². The van der Waals surface area contributed by atoms with Crippen LogP contribution in [-0.4, -0.2) is 111 Å². The number of aromatic nitrogens is 9. The number of primary amides is 2. The third-order valence-electron chi connectivity index (χ3n) is 10.3. The second-order valence-electron chi connectivity index (χ2n) is 14.2. The lowest BCUT2D eigenvalue weighted by Crippen LogP contribution is -2.37. The lowest BCUT2D eigenvalue weighted by Gasteiger charge is -2.26. The number of nitrogens with one attached hydrogen (secondary N) is 2. The molecule has 4 amide bonds. The maximum atomic E-state index is 13.7. The topological polar surface area (TPSA) is 250 Å². The highest BCUT2D eigenvalue weighted by Gasteiger charge is 2.23. The van der Waals surface area contributed by atoms with E-state index in [1.165, 1.54) is 12.3 Å². The molecule has 314 valence electrons. The molecule has 0 bridgehead atoms. The first-order valence-corrected chi connectivity index (χ1v) is 19.7. The van der Waals surface area contributed by atoms with Gasteiger partial charge in [-0.15, -0.1) is 0 Å². The van der Waals surface area contributed by atoms with Crippen molar-refractivity contribution in [3.05, 3.63) is 83.1 Å². The molecule has 60 heavy (non-hydrogen) atoms. The van der Waals surface area contributed by atoms with E-state index in [2.05, 4.69) is 35.5 Å². The summed E-state index contributed by atoms with van der Waals surface area (Å²) in [4.78, 5) is 76.5. The zero-order valence-electron chi connectivity index (χ0n) is 34.0. The highest BCUT2D eigenvalue weighted by Crippen LogP contribution is 2.32. The number of amides is 4. The molecule has 0 spiro atoms. The number of benzene rings is 1. The molecule has 6 heterocycles. The van der Waals surface area contributed by atoms with E-state index >= 15 is 0 Å². The molecule has 6 N–H and O–H groups in total. The highest BCUT2D eigenvalue weighted by atomic mass is 16.5. The molecule has 5 aromatic heterocycles. The Balaban J connectivity index is 1.22. The molecular weight excluding hydrogens is 773 g/mol. The highest BCUT2D eigenvalue weighted by molar-refractivity contribution is 6.04. The second-order valence-corrected chi connectivity index (χ2v) is 14.2. The maximum Gasteiger partial charge on any atom is 0.293 e. The van der Waals surface area contributed by atoms with Crippen LogP contribution in [0.5, 0.6) is 5.75 Å². The Hall–Kier alpha value is -6.93. The Kier molecular flexibility index (Phi) is 12.3. The largest absolute Gasteiger partial charge is 0.491 e. The number of nitrogens with two attached hydrogens (primary N) is 2. The number of hydrogen-bond donors (Lipinski definition) is 4. The van der Waals surface area contributed by atoms with Gasteiger partial charge in [-0.25, -0.2) is 24.9 Å². The zero-order chi connectivity index (χ0) is 42.5. The summed E-state index contributed by atoms with van der Waals surface area (Å²) in [6.07, 6.45) is 9.00. The zero-order valence-corrected chi connectivity index (χ0v) is 34.0. The van der Waals surface area contributed by atoms with Crippen LogP contribution in [0.1, 0.15) is 73.6 Å². The van der Waals surface area contributed by atoms with Crippen LogP contribution in [0.3, 0.4) is 0 Å². The van der Waals surface area contributed by atoms with Crippen molar-refractivity contribution in [1.29, 1.82) is 0 Å². The molecule has 1 aliphatic rings. The number of ether oxygens (including phenoxy) is 2. The van der Waals surface area contributed by atoms with Crippen molar-refractivity contribution in [1.82, 2.24) is 48.1 Å². The Bertz CT molecular complexity index is 2610. The first-order chi connectivity index (χ1) is 29.0. The SMILES string of the molecule is CCn1c(C)cnc1C(=O)Nc1nc2cc(C(N)=O)cnc2n1CC=CCn1c(NC(=O)c2ncc(C)n2CC)nc2cc(C(N)=O)cc(OCCCN3CCOCC3)c21. The number of carbonyl (C=O) groups excluding carboxylic acids is 4. The summed E-state index contributed by atoms with van der Waals surface area (Å²) in [6, 6.07) is 4.66. The predicted octanol–water partition coefficient (Wildman–Crippen LogP) is 2.89. The van der Waals surface area contributed by atoms with Gasteiger partial charge in [0.25, 0.3) is 11.8 Å². The summed E-state index contributed by atoms with van der Waals surface area (Å²) < 4.78 is 18.9. The van der Waals surface area contributed by atoms with Crippen LogP contribution >= 0.6 is 0 Å². The molecule has 20 heteroatoms. The van der Waals surface area contributed by atoms with E-state index < -0.39 is 23.6 Å². The fourth-order valence-electron chi connectivity index (χ4n) is 7.22. The number of nitrogens with zero attached hydrogens (tertiary/aromatic N) is 10. The monoisotopic (exact) mass is 820 g/mol. The summed E-state index contributed by atoms with van der Waals surface area (Å²) >= 11 is 0. The van der Waals surface area contributed by atoms with Gasteiger partial charge in [-0.1, -0.05) is 12.2 Å². The van der Waals surface area contributed by atoms with Crippen LogP contribution in [0.15, 0.2) is 48.9 Å². The first-order valence-electron chi connectivity index (χ1n) is 19.7. The predicted molar refractivity (Wildman–Crippen MR) is 222 cm³/mol. The molecule has 0 aliphatic carbocycles. The van der Waals surface area contributed by atoms with Crippen molar-refractivity contribution in [2.45, 2.75) is 60.3 Å². The Morgan fingerprint density at radius 2 is 1.32 bits per heavy atom. The molecule has 7 rings (SSSR count). The lowest BCUT2D eigenvalue weighted by atomic mass is 10.1. The number of imidazole rings is 4. The van der Waals surface area contributed by atoms with E-state index in [0.717, 1.165) is 31.0 Å². The smallest absolute Gasteiger partial charge is 0.293 e. The number of morpholine rings is 1. The van der Waals surface area contributed by atoms with Crippen molar-refractivity contribution in [2.75, 3.05) is 50.1 Å². The minimum absolute atomic E-state index is 0.162. The summed E-state index contributed by atoms with van der Waals surface area (Å²) in [7, 11) is 0. The van der Waals surface area contributed by atoms with Gasteiger partial charge in [0.1, 0.15) is 16.8 Å². The van der Waals surface area contributed by atoms with E-state index in [1.807, 2.05) is 39.8 Å². The third-order valence-corrected chi connectivity index (χ3v) is 10.3. The molecule has 20 nitrogen and oxygen atoms in total. The Morgan fingerprint density at radius 3 is 1.92 bits per heavy atom. The number of fused-ring (bicyclic) bond motifs is 2. The molecule has 0 atom stereocenters. The van der Waals surface area contributed by atoms with Crippen LogP contribution in [-0.2, 0) is 30.9 Å². The Morgan fingerprint density at radius 1 is 0.750 bits per heavy atom. The number of allylic oxidation sites excluding steroid dienone is 2. The standard InChI is InChI=1S/C40H48N14O6/c1-5-51-24(3)21-43-35(51)37(57)48-39-46-28-18-26(32(41)55)20-30(60-15-9-10-50-13-16-59-17-14-50)31(28)53(39)11-7-8-12-54-34-29(19-27(23-45-34)33(42)56)47-40(54)49-38(58)36-44-22-25(4)52(36)6-2/h7-8,18-23H,5-6,9-17H2,1-4H3,(H2,41,55)(H2,42,56)(H,46,48,57)(H,47,49,58). The van der Waals surface area contributed by atoms with Crippen LogP contribution in [0, 0.1) is 13.8 Å². The van der Waals surface area contributed by atoms with Crippen molar-refractivity contribution in [2.24, 2.45) is 11.5 Å². The van der Waals surface area contributed by atoms with Crippen molar-refractivity contribution < 1.29 is 28.7 Å². The minimum atomic E-state index is -0.669. The fourth-order valence-corrected chi connectivity index (χ4v) is 7.22. The molecule has 1 aliphatic heterocycles. The van der Waals surface area contributed by atoms with Gasteiger partial charge >= 0.3 is 0 Å². The first kappa shape index (κ1) is 41.2. The molecule has 1 saturated heterocycles. The average Bonchev–Trinajstić information content (AvgIpc) is 4.00. The van der Waals surface area contributed by atoms with Crippen molar-refractivity contribution >= 4 is 57.7 Å². The average molecular weight is 821 g/mol. The number of pyridine rings is 1.